The molecule has 5 nitrogen and oxygen atoms in total. The molecule has 0 bridgehead atoms. The standard InChI is InChI=1S/C28H34N2O3S/c1-33-27-9-5-8-25(20-27)28(18-19-30-34(31)32)16-14-26(15-17-28)29-21-22-10-12-24(13-11-22)23-6-3-2-4-7-23/h2-13,20,26,29-30H,14-19,21H2,1H3,(H,31,32)/p-1. The highest BCUT2D eigenvalue weighted by atomic mass is 32.2. The summed E-state index contributed by atoms with van der Waals surface area (Å²) in [5, 5.41) is 3.74. The molecule has 3 aromatic rings. The fourth-order valence-corrected chi connectivity index (χ4v) is 5.36. The summed E-state index contributed by atoms with van der Waals surface area (Å²) in [6.45, 7) is 1.29. The SMILES string of the molecule is COc1cccc(C2(CCNS(=O)[O-])CCC(NCc3ccc(-c4ccccc4)cc3)CC2)c1. The summed E-state index contributed by atoms with van der Waals surface area (Å²) in [4.78, 5) is 0. The summed E-state index contributed by atoms with van der Waals surface area (Å²) in [5.74, 6) is 0.844. The summed E-state index contributed by atoms with van der Waals surface area (Å²) in [6, 6.07) is 27.9. The first-order valence-electron chi connectivity index (χ1n) is 11.9. The van der Waals surface area contributed by atoms with Crippen LogP contribution in [0.25, 0.3) is 11.1 Å². The van der Waals surface area contributed by atoms with Crippen LogP contribution in [-0.2, 0) is 23.2 Å². The maximum Gasteiger partial charge on any atom is 0.119 e. The Kier molecular flexibility index (Phi) is 8.51. The zero-order chi connectivity index (χ0) is 23.8. The van der Waals surface area contributed by atoms with Crippen LogP contribution in [0, 0.1) is 0 Å². The van der Waals surface area contributed by atoms with E-state index in [2.05, 4.69) is 70.7 Å². The number of nitrogens with one attached hydrogen (secondary N) is 2. The molecule has 180 valence electrons. The number of ether oxygens (including phenoxy) is 1. The molecule has 3 aromatic carbocycles. The molecule has 2 N–H and O–H groups in total. The molecule has 0 spiro atoms. The largest absolute Gasteiger partial charge is 0.760 e. The van der Waals surface area contributed by atoms with Gasteiger partial charge >= 0.3 is 0 Å². The van der Waals surface area contributed by atoms with Gasteiger partial charge in [0.2, 0.25) is 0 Å². The summed E-state index contributed by atoms with van der Waals surface area (Å²) >= 11 is -2.23. The van der Waals surface area contributed by atoms with Crippen molar-refractivity contribution in [2.45, 2.75) is 50.1 Å². The smallest absolute Gasteiger partial charge is 0.119 e. The van der Waals surface area contributed by atoms with Gasteiger partial charge in [0, 0.05) is 30.4 Å². The third-order valence-electron chi connectivity index (χ3n) is 7.10. The number of methoxy groups -OCH3 is 1. The van der Waals surface area contributed by atoms with Gasteiger partial charge in [-0.1, -0.05) is 66.7 Å². The van der Waals surface area contributed by atoms with E-state index in [-0.39, 0.29) is 5.41 Å². The van der Waals surface area contributed by atoms with Crippen LogP contribution < -0.4 is 14.8 Å². The van der Waals surface area contributed by atoms with Gasteiger partial charge in [-0.15, -0.1) is 0 Å². The molecule has 6 heteroatoms. The predicted molar refractivity (Wildman–Crippen MR) is 137 cm³/mol. The van der Waals surface area contributed by atoms with E-state index < -0.39 is 11.3 Å². The first-order chi connectivity index (χ1) is 16.6. The maximum atomic E-state index is 11.0. The van der Waals surface area contributed by atoms with Crippen LogP contribution in [0.3, 0.4) is 0 Å². The Balaban J connectivity index is 1.36. The number of rotatable bonds is 10. The second kappa shape index (κ2) is 11.8. The topological polar surface area (TPSA) is 73.4 Å². The quantitative estimate of drug-likeness (QED) is 0.398. The second-order valence-corrected chi connectivity index (χ2v) is 9.87. The lowest BCUT2D eigenvalue weighted by Gasteiger charge is -2.41. The van der Waals surface area contributed by atoms with Crippen LogP contribution >= 0.6 is 0 Å². The Morgan fingerprint density at radius 1 is 0.971 bits per heavy atom. The van der Waals surface area contributed by atoms with Crippen LogP contribution in [0.5, 0.6) is 5.75 Å². The van der Waals surface area contributed by atoms with Gasteiger partial charge in [0.1, 0.15) is 5.75 Å². The normalized spacial score (nSPS) is 21.2. The first kappa shape index (κ1) is 24.6. The lowest BCUT2D eigenvalue weighted by molar-refractivity contribution is 0.232. The number of benzene rings is 3. The molecule has 0 heterocycles. The summed E-state index contributed by atoms with van der Waals surface area (Å²) < 4.78 is 30.0. The summed E-state index contributed by atoms with van der Waals surface area (Å²) in [6.07, 6.45) is 4.91. The molecule has 0 aromatic heterocycles. The fourth-order valence-electron chi connectivity index (χ4n) is 5.09. The molecule has 0 saturated heterocycles. The van der Waals surface area contributed by atoms with Crippen molar-refractivity contribution in [1.29, 1.82) is 0 Å². The van der Waals surface area contributed by atoms with Gasteiger partial charge in [-0.05, 0) is 71.9 Å². The van der Waals surface area contributed by atoms with Gasteiger partial charge in [0.15, 0.2) is 0 Å². The van der Waals surface area contributed by atoms with E-state index in [9.17, 15) is 8.76 Å². The van der Waals surface area contributed by atoms with Gasteiger partial charge in [-0.2, -0.15) is 0 Å². The van der Waals surface area contributed by atoms with Crippen molar-refractivity contribution < 1.29 is 13.5 Å². The molecule has 4 rings (SSSR count). The van der Waals surface area contributed by atoms with E-state index in [0.29, 0.717) is 12.6 Å². The number of hydrogen-bond donors (Lipinski definition) is 2. The Hall–Kier alpha value is -2.51. The fraction of sp³-hybridized carbons (Fsp3) is 0.357. The molecule has 1 aliphatic carbocycles. The molecular weight excluding hydrogens is 444 g/mol. The molecule has 1 saturated carbocycles. The second-order valence-electron chi connectivity index (χ2n) is 9.11. The van der Waals surface area contributed by atoms with E-state index in [1.165, 1.54) is 22.3 Å². The average Bonchev–Trinajstić information content (AvgIpc) is 2.89. The van der Waals surface area contributed by atoms with Crippen molar-refractivity contribution in [3.8, 4) is 16.9 Å². The van der Waals surface area contributed by atoms with Crippen molar-refractivity contribution >= 4 is 11.3 Å². The Morgan fingerprint density at radius 3 is 2.35 bits per heavy atom. The number of hydrogen-bond acceptors (Lipinski definition) is 4. The van der Waals surface area contributed by atoms with E-state index in [0.717, 1.165) is 44.4 Å². The van der Waals surface area contributed by atoms with Crippen LogP contribution in [0.15, 0.2) is 78.9 Å². The van der Waals surface area contributed by atoms with Gasteiger partial charge in [-0.25, -0.2) is 4.72 Å². The zero-order valence-electron chi connectivity index (χ0n) is 19.7. The van der Waals surface area contributed by atoms with E-state index in [4.69, 9.17) is 4.74 Å². The maximum absolute atomic E-state index is 11.0. The summed E-state index contributed by atoms with van der Waals surface area (Å²) in [5.41, 5.74) is 4.94. The highest BCUT2D eigenvalue weighted by Crippen LogP contribution is 2.43. The van der Waals surface area contributed by atoms with Crippen molar-refractivity contribution in [2.24, 2.45) is 0 Å². The highest BCUT2D eigenvalue weighted by Gasteiger charge is 2.36. The highest BCUT2D eigenvalue weighted by molar-refractivity contribution is 7.77. The molecular formula is C28H33N2O3S-. The van der Waals surface area contributed by atoms with Gasteiger partial charge in [0.05, 0.1) is 7.11 Å². The Bertz CT molecular complexity index is 1060. The van der Waals surface area contributed by atoms with Crippen molar-refractivity contribution in [2.75, 3.05) is 13.7 Å². The van der Waals surface area contributed by atoms with Crippen LogP contribution in [-0.4, -0.2) is 28.5 Å². The molecule has 0 amide bonds. The third-order valence-corrected chi connectivity index (χ3v) is 7.54. The van der Waals surface area contributed by atoms with Gasteiger partial charge in [-0.3, -0.25) is 4.21 Å². The Labute approximate surface area is 205 Å². The first-order valence-corrected chi connectivity index (χ1v) is 13.0. The molecule has 0 aliphatic heterocycles. The monoisotopic (exact) mass is 477 g/mol. The Morgan fingerprint density at radius 2 is 1.68 bits per heavy atom. The molecule has 0 radical (unpaired) electrons. The van der Waals surface area contributed by atoms with Crippen LogP contribution in [0.4, 0.5) is 0 Å². The molecule has 34 heavy (non-hydrogen) atoms. The van der Waals surface area contributed by atoms with Crippen molar-refractivity contribution in [1.82, 2.24) is 10.0 Å². The van der Waals surface area contributed by atoms with Crippen LogP contribution in [0.2, 0.25) is 0 Å². The van der Waals surface area contributed by atoms with Crippen molar-refractivity contribution in [3.63, 3.8) is 0 Å². The average molecular weight is 478 g/mol. The van der Waals surface area contributed by atoms with E-state index in [1.807, 2.05) is 18.2 Å². The molecule has 1 fully saturated rings. The minimum absolute atomic E-state index is 0.0452. The van der Waals surface area contributed by atoms with Crippen molar-refractivity contribution in [3.05, 3.63) is 90.0 Å². The predicted octanol–water partition coefficient (Wildman–Crippen LogP) is 5.11. The van der Waals surface area contributed by atoms with E-state index in [1.54, 1.807) is 7.11 Å². The van der Waals surface area contributed by atoms with Gasteiger partial charge in [0.25, 0.3) is 0 Å². The van der Waals surface area contributed by atoms with E-state index >= 15 is 0 Å². The van der Waals surface area contributed by atoms with Crippen LogP contribution in [0.1, 0.15) is 43.2 Å². The molecule has 1 aliphatic rings. The minimum Gasteiger partial charge on any atom is -0.760 e. The molecule has 1 atom stereocenters. The molecule has 1 unspecified atom stereocenters. The zero-order valence-corrected chi connectivity index (χ0v) is 20.5. The minimum atomic E-state index is -2.23. The summed E-state index contributed by atoms with van der Waals surface area (Å²) in [7, 11) is 1.68. The van der Waals surface area contributed by atoms with Gasteiger partial charge < -0.3 is 14.6 Å². The lowest BCUT2D eigenvalue weighted by Crippen LogP contribution is -2.41. The third kappa shape index (κ3) is 6.33. The lowest BCUT2D eigenvalue weighted by atomic mass is 9.66.